The van der Waals surface area contributed by atoms with Gasteiger partial charge in [0, 0.05) is 13.0 Å². The van der Waals surface area contributed by atoms with Crippen molar-refractivity contribution in [1.29, 1.82) is 0 Å². The van der Waals surface area contributed by atoms with Crippen molar-refractivity contribution in [1.82, 2.24) is 5.32 Å². The predicted molar refractivity (Wildman–Crippen MR) is 107 cm³/mol. The molecule has 0 radical (unpaired) electrons. The minimum absolute atomic E-state index is 0.106. The molecule has 2 aromatic rings. The van der Waals surface area contributed by atoms with Gasteiger partial charge in [-0.25, -0.2) is 9.18 Å². The van der Waals surface area contributed by atoms with E-state index in [1.54, 1.807) is 51.1 Å². The lowest BCUT2D eigenvalue weighted by Gasteiger charge is -2.25. The van der Waals surface area contributed by atoms with Gasteiger partial charge in [0.05, 0.1) is 18.3 Å². The lowest BCUT2D eigenvalue weighted by molar-refractivity contribution is -0.159. The first-order valence-corrected chi connectivity index (χ1v) is 9.19. The molecule has 7 heteroatoms. The second-order valence-electron chi connectivity index (χ2n) is 7.61. The third kappa shape index (κ3) is 6.87. The number of aliphatic carboxylic acids is 1. The molecular formula is C22H26FNO5. The zero-order chi connectivity index (χ0) is 21.6. The number of ether oxygens (including phenoxy) is 2. The number of methoxy groups -OCH3 is 1. The standard InChI is InChI=1S/C22H26FNO5/c1-22(2,3)29-19(21(26)27)12-15-7-10-18(28-4)17(11-15)20(25)24-13-14-5-8-16(23)9-6-14/h5-11,19H,12-13H2,1-4H3,(H,24,25)(H,26,27). The Morgan fingerprint density at radius 1 is 1.10 bits per heavy atom. The van der Waals surface area contributed by atoms with Crippen LogP contribution in [0.25, 0.3) is 0 Å². The highest BCUT2D eigenvalue weighted by atomic mass is 19.1. The Labute approximate surface area is 169 Å². The predicted octanol–water partition coefficient (Wildman–Crippen LogP) is 3.58. The van der Waals surface area contributed by atoms with Gasteiger partial charge in [-0.2, -0.15) is 0 Å². The van der Waals surface area contributed by atoms with Crippen molar-refractivity contribution in [2.45, 2.75) is 45.4 Å². The van der Waals surface area contributed by atoms with E-state index < -0.39 is 17.7 Å². The molecule has 29 heavy (non-hydrogen) atoms. The van der Waals surface area contributed by atoms with E-state index in [0.717, 1.165) is 5.56 Å². The molecule has 0 fully saturated rings. The average molecular weight is 403 g/mol. The highest BCUT2D eigenvalue weighted by molar-refractivity contribution is 5.97. The summed E-state index contributed by atoms with van der Waals surface area (Å²) >= 11 is 0. The van der Waals surface area contributed by atoms with Crippen LogP contribution < -0.4 is 10.1 Å². The zero-order valence-electron chi connectivity index (χ0n) is 17.0. The molecule has 0 saturated heterocycles. The van der Waals surface area contributed by atoms with Crippen LogP contribution in [-0.4, -0.2) is 35.8 Å². The van der Waals surface area contributed by atoms with Gasteiger partial charge in [0.2, 0.25) is 0 Å². The van der Waals surface area contributed by atoms with E-state index >= 15 is 0 Å². The van der Waals surface area contributed by atoms with Gasteiger partial charge in [0.25, 0.3) is 5.91 Å². The summed E-state index contributed by atoms with van der Waals surface area (Å²) in [5.41, 5.74) is 1.05. The summed E-state index contributed by atoms with van der Waals surface area (Å²) in [6.45, 7) is 5.57. The SMILES string of the molecule is COc1ccc(CC(OC(C)(C)C)C(=O)O)cc1C(=O)NCc1ccc(F)cc1. The molecule has 0 aliphatic carbocycles. The molecule has 1 unspecified atom stereocenters. The van der Waals surface area contributed by atoms with Crippen LogP contribution in [0.1, 0.15) is 42.3 Å². The molecule has 2 aromatic carbocycles. The number of halogens is 1. The summed E-state index contributed by atoms with van der Waals surface area (Å²) in [5, 5.41) is 12.2. The second kappa shape index (κ2) is 9.52. The molecule has 0 aromatic heterocycles. The number of nitrogens with one attached hydrogen (secondary N) is 1. The lowest BCUT2D eigenvalue weighted by Crippen LogP contribution is -2.34. The van der Waals surface area contributed by atoms with Crippen molar-refractivity contribution < 1.29 is 28.6 Å². The molecule has 0 bridgehead atoms. The minimum Gasteiger partial charge on any atom is -0.496 e. The van der Waals surface area contributed by atoms with E-state index in [9.17, 15) is 19.1 Å². The van der Waals surface area contributed by atoms with Gasteiger partial charge >= 0.3 is 5.97 Å². The molecule has 0 aliphatic heterocycles. The van der Waals surface area contributed by atoms with Gasteiger partial charge < -0.3 is 19.9 Å². The van der Waals surface area contributed by atoms with E-state index in [2.05, 4.69) is 5.32 Å². The first kappa shape index (κ1) is 22.4. The molecule has 0 aliphatic rings. The molecule has 156 valence electrons. The summed E-state index contributed by atoms with van der Waals surface area (Å²) < 4.78 is 23.9. The molecule has 2 N–H and O–H groups in total. The maximum Gasteiger partial charge on any atom is 0.333 e. The van der Waals surface area contributed by atoms with Crippen LogP contribution in [0.15, 0.2) is 42.5 Å². The van der Waals surface area contributed by atoms with Gasteiger partial charge in [-0.1, -0.05) is 18.2 Å². The molecule has 1 amide bonds. The summed E-state index contributed by atoms with van der Waals surface area (Å²) in [4.78, 5) is 24.2. The van der Waals surface area contributed by atoms with Crippen molar-refractivity contribution in [2.24, 2.45) is 0 Å². The Kier molecular flexibility index (Phi) is 7.34. The summed E-state index contributed by atoms with van der Waals surface area (Å²) in [6.07, 6.45) is -0.937. The number of hydrogen-bond donors (Lipinski definition) is 2. The molecular weight excluding hydrogens is 377 g/mol. The number of benzene rings is 2. The van der Waals surface area contributed by atoms with E-state index in [1.165, 1.54) is 19.2 Å². The van der Waals surface area contributed by atoms with Crippen molar-refractivity contribution in [3.05, 3.63) is 65.0 Å². The van der Waals surface area contributed by atoms with E-state index in [1.807, 2.05) is 0 Å². The Balaban J connectivity index is 2.17. The first-order chi connectivity index (χ1) is 13.6. The second-order valence-corrected chi connectivity index (χ2v) is 7.61. The number of hydrogen-bond acceptors (Lipinski definition) is 4. The zero-order valence-corrected chi connectivity index (χ0v) is 17.0. The number of carboxylic acid groups (broad SMARTS) is 1. The van der Waals surface area contributed by atoms with Crippen molar-refractivity contribution in [3.8, 4) is 5.75 Å². The smallest absolute Gasteiger partial charge is 0.333 e. The third-order valence-corrected chi connectivity index (χ3v) is 4.07. The van der Waals surface area contributed by atoms with Gasteiger partial charge in [0.1, 0.15) is 11.6 Å². The summed E-state index contributed by atoms with van der Waals surface area (Å²) in [7, 11) is 1.45. The highest BCUT2D eigenvalue weighted by Gasteiger charge is 2.26. The maximum absolute atomic E-state index is 13.0. The van der Waals surface area contributed by atoms with Crippen molar-refractivity contribution in [3.63, 3.8) is 0 Å². The molecule has 2 rings (SSSR count). The van der Waals surface area contributed by atoms with Gasteiger partial charge in [0.15, 0.2) is 6.10 Å². The number of carbonyl (C=O) groups excluding carboxylic acids is 1. The Morgan fingerprint density at radius 3 is 2.28 bits per heavy atom. The van der Waals surface area contributed by atoms with Crippen LogP contribution >= 0.6 is 0 Å². The fraction of sp³-hybridized carbons (Fsp3) is 0.364. The molecule has 0 spiro atoms. The summed E-state index contributed by atoms with van der Waals surface area (Å²) in [6, 6.07) is 10.7. The molecule has 6 nitrogen and oxygen atoms in total. The van der Waals surface area contributed by atoms with E-state index in [0.29, 0.717) is 11.3 Å². The largest absolute Gasteiger partial charge is 0.496 e. The Morgan fingerprint density at radius 2 is 1.72 bits per heavy atom. The normalized spacial score (nSPS) is 12.3. The molecule has 0 heterocycles. The van der Waals surface area contributed by atoms with Crippen LogP contribution in [0.2, 0.25) is 0 Å². The fourth-order valence-corrected chi connectivity index (χ4v) is 2.76. The monoisotopic (exact) mass is 403 g/mol. The van der Waals surface area contributed by atoms with E-state index in [-0.39, 0.29) is 30.3 Å². The van der Waals surface area contributed by atoms with Crippen LogP contribution in [0.4, 0.5) is 4.39 Å². The Hall–Kier alpha value is -2.93. The van der Waals surface area contributed by atoms with Crippen molar-refractivity contribution >= 4 is 11.9 Å². The van der Waals surface area contributed by atoms with Gasteiger partial charge in [-0.05, 0) is 56.2 Å². The van der Waals surface area contributed by atoms with Gasteiger partial charge in [-0.15, -0.1) is 0 Å². The van der Waals surface area contributed by atoms with Crippen LogP contribution in [0, 0.1) is 5.82 Å². The Bertz CT molecular complexity index is 858. The quantitative estimate of drug-likeness (QED) is 0.704. The number of amides is 1. The van der Waals surface area contributed by atoms with Crippen LogP contribution in [0.5, 0.6) is 5.75 Å². The minimum atomic E-state index is -1.07. The van der Waals surface area contributed by atoms with E-state index in [4.69, 9.17) is 9.47 Å². The van der Waals surface area contributed by atoms with Crippen LogP contribution in [0.3, 0.4) is 0 Å². The first-order valence-electron chi connectivity index (χ1n) is 9.19. The fourth-order valence-electron chi connectivity index (χ4n) is 2.76. The van der Waals surface area contributed by atoms with Gasteiger partial charge in [-0.3, -0.25) is 4.79 Å². The maximum atomic E-state index is 13.0. The molecule has 0 saturated carbocycles. The number of carboxylic acids is 1. The third-order valence-electron chi connectivity index (χ3n) is 4.07. The molecule has 1 atom stereocenters. The number of rotatable bonds is 8. The summed E-state index contributed by atoms with van der Waals surface area (Å²) in [5.74, 6) is -1.43. The van der Waals surface area contributed by atoms with Crippen molar-refractivity contribution in [2.75, 3.05) is 7.11 Å². The lowest BCUT2D eigenvalue weighted by atomic mass is 10.0. The highest BCUT2D eigenvalue weighted by Crippen LogP contribution is 2.22. The topological polar surface area (TPSA) is 84.9 Å². The average Bonchev–Trinajstić information content (AvgIpc) is 2.65. The van der Waals surface area contributed by atoms with Crippen LogP contribution in [-0.2, 0) is 22.5 Å². The number of carbonyl (C=O) groups is 2.